The molecular formula is C9H6FNOS. The lowest BCUT2D eigenvalue weighted by molar-refractivity contribution is 0.554. The molecule has 0 amide bonds. The van der Waals surface area contributed by atoms with Gasteiger partial charge in [-0.05, 0) is 36.5 Å². The van der Waals surface area contributed by atoms with E-state index in [1.807, 2.05) is 0 Å². The molecule has 0 aliphatic heterocycles. The average molecular weight is 195 g/mol. The number of hydrogen-bond acceptors (Lipinski definition) is 2. The molecule has 0 saturated carbocycles. The maximum absolute atomic E-state index is 12.5. The summed E-state index contributed by atoms with van der Waals surface area (Å²) in [6.07, 6.45) is 1.65. The van der Waals surface area contributed by atoms with Gasteiger partial charge in [0.1, 0.15) is 5.82 Å². The molecule has 0 unspecified atom stereocenters. The van der Waals surface area contributed by atoms with E-state index in [1.54, 1.807) is 18.3 Å². The van der Waals surface area contributed by atoms with Crippen molar-refractivity contribution in [2.75, 3.05) is 0 Å². The topological polar surface area (TPSA) is 28.9 Å². The Morgan fingerprint density at radius 3 is 2.46 bits per heavy atom. The van der Waals surface area contributed by atoms with Crippen LogP contribution in [0.25, 0.3) is 11.3 Å². The third-order valence-corrected chi connectivity index (χ3v) is 1.85. The van der Waals surface area contributed by atoms with Crippen LogP contribution in [0.15, 0.2) is 34.9 Å². The minimum atomic E-state index is -0.266. The standard InChI is InChI=1S/C9H6FNOS/c10-7-3-1-6(2-4-7)8-5-11-9(13)12-8/h1-5H,(H,11,13). The molecule has 0 atom stereocenters. The molecule has 13 heavy (non-hydrogen) atoms. The van der Waals surface area contributed by atoms with Gasteiger partial charge in [-0.15, -0.1) is 0 Å². The summed E-state index contributed by atoms with van der Waals surface area (Å²) in [6, 6.07) is 6.02. The van der Waals surface area contributed by atoms with Crippen LogP contribution in [-0.2, 0) is 0 Å². The molecule has 2 nitrogen and oxygen atoms in total. The maximum atomic E-state index is 12.5. The van der Waals surface area contributed by atoms with Gasteiger partial charge in [-0.1, -0.05) is 0 Å². The fraction of sp³-hybridized carbons (Fsp3) is 0. The molecule has 2 aromatic rings. The van der Waals surface area contributed by atoms with E-state index in [1.165, 1.54) is 12.1 Å². The smallest absolute Gasteiger partial charge is 0.266 e. The molecule has 0 saturated heterocycles. The first kappa shape index (κ1) is 8.19. The minimum absolute atomic E-state index is 0.266. The second-order valence-electron chi connectivity index (χ2n) is 2.55. The van der Waals surface area contributed by atoms with Gasteiger partial charge in [0.15, 0.2) is 5.76 Å². The number of oxazole rings is 1. The first-order valence-corrected chi connectivity index (χ1v) is 4.11. The Hall–Kier alpha value is -1.42. The number of rotatable bonds is 1. The van der Waals surface area contributed by atoms with Crippen LogP contribution in [0.1, 0.15) is 0 Å². The molecule has 1 heterocycles. The summed E-state index contributed by atoms with van der Waals surface area (Å²) in [5, 5.41) is 0. The van der Waals surface area contributed by atoms with Gasteiger partial charge in [0.2, 0.25) is 0 Å². The molecule has 4 heteroatoms. The van der Waals surface area contributed by atoms with Crippen LogP contribution in [-0.4, -0.2) is 4.98 Å². The summed E-state index contributed by atoms with van der Waals surface area (Å²) in [4.78, 5) is 3.05. The van der Waals surface area contributed by atoms with E-state index in [9.17, 15) is 4.39 Å². The van der Waals surface area contributed by atoms with E-state index in [4.69, 9.17) is 16.6 Å². The van der Waals surface area contributed by atoms with E-state index < -0.39 is 0 Å². The summed E-state index contributed by atoms with van der Waals surface area (Å²) in [7, 11) is 0. The number of hydrogen-bond donors (Lipinski definition) is 1. The lowest BCUT2D eigenvalue weighted by Crippen LogP contribution is -1.74. The predicted octanol–water partition coefficient (Wildman–Crippen LogP) is 3.14. The zero-order chi connectivity index (χ0) is 9.26. The number of aromatic amines is 1. The van der Waals surface area contributed by atoms with E-state index >= 15 is 0 Å². The number of H-pyrrole nitrogens is 1. The van der Waals surface area contributed by atoms with Gasteiger partial charge < -0.3 is 9.40 Å². The number of aromatic nitrogens is 1. The molecule has 0 aliphatic carbocycles. The molecule has 0 spiro atoms. The average Bonchev–Trinajstić information content (AvgIpc) is 2.53. The highest BCUT2D eigenvalue weighted by molar-refractivity contribution is 7.71. The Morgan fingerprint density at radius 1 is 1.23 bits per heavy atom. The van der Waals surface area contributed by atoms with Crippen LogP contribution >= 0.6 is 12.2 Å². The van der Waals surface area contributed by atoms with Crippen LogP contribution in [0.4, 0.5) is 4.39 Å². The van der Waals surface area contributed by atoms with E-state index in [-0.39, 0.29) is 5.82 Å². The number of halogens is 1. The Morgan fingerprint density at radius 2 is 1.92 bits per heavy atom. The summed E-state index contributed by atoms with van der Waals surface area (Å²) in [5.41, 5.74) is 0.800. The van der Waals surface area contributed by atoms with Crippen molar-refractivity contribution in [2.24, 2.45) is 0 Å². The van der Waals surface area contributed by atoms with E-state index in [0.29, 0.717) is 10.6 Å². The normalized spacial score (nSPS) is 10.2. The highest BCUT2D eigenvalue weighted by atomic mass is 32.1. The molecule has 2 rings (SSSR count). The zero-order valence-corrected chi connectivity index (χ0v) is 7.40. The van der Waals surface area contributed by atoms with Crippen LogP contribution in [0.5, 0.6) is 0 Å². The quantitative estimate of drug-likeness (QED) is 0.708. The lowest BCUT2D eigenvalue weighted by Gasteiger charge is -1.93. The summed E-state index contributed by atoms with van der Waals surface area (Å²) in [6.45, 7) is 0. The number of benzene rings is 1. The third-order valence-electron chi connectivity index (χ3n) is 1.65. The van der Waals surface area contributed by atoms with Gasteiger partial charge in [-0.25, -0.2) is 4.39 Å². The van der Waals surface area contributed by atoms with E-state index in [2.05, 4.69) is 4.98 Å². The largest absolute Gasteiger partial charge is 0.429 e. The molecule has 0 fully saturated rings. The van der Waals surface area contributed by atoms with Crippen LogP contribution < -0.4 is 0 Å². The van der Waals surface area contributed by atoms with Gasteiger partial charge in [0.05, 0.1) is 0 Å². The maximum Gasteiger partial charge on any atom is 0.266 e. The van der Waals surface area contributed by atoms with Crippen molar-refractivity contribution < 1.29 is 8.81 Å². The molecule has 66 valence electrons. The summed E-state index contributed by atoms with van der Waals surface area (Å²) >= 11 is 4.76. The molecule has 0 aliphatic rings. The Bertz CT molecular complexity index is 457. The molecule has 0 bridgehead atoms. The fourth-order valence-electron chi connectivity index (χ4n) is 1.04. The molecular weight excluding hydrogens is 189 g/mol. The lowest BCUT2D eigenvalue weighted by atomic mass is 10.2. The fourth-order valence-corrected chi connectivity index (χ4v) is 1.19. The van der Waals surface area contributed by atoms with Gasteiger partial charge in [-0.2, -0.15) is 0 Å². The second kappa shape index (κ2) is 3.14. The van der Waals surface area contributed by atoms with Crippen molar-refractivity contribution in [3.05, 3.63) is 41.1 Å². The van der Waals surface area contributed by atoms with E-state index in [0.717, 1.165) is 5.56 Å². The van der Waals surface area contributed by atoms with Gasteiger partial charge in [-0.3, -0.25) is 0 Å². The molecule has 1 aromatic carbocycles. The van der Waals surface area contributed by atoms with Crippen molar-refractivity contribution in [2.45, 2.75) is 0 Å². The molecule has 1 aromatic heterocycles. The van der Waals surface area contributed by atoms with Crippen molar-refractivity contribution in [3.63, 3.8) is 0 Å². The number of nitrogens with one attached hydrogen (secondary N) is 1. The minimum Gasteiger partial charge on any atom is -0.429 e. The van der Waals surface area contributed by atoms with Gasteiger partial charge in [0.25, 0.3) is 4.84 Å². The first-order valence-electron chi connectivity index (χ1n) is 3.70. The highest BCUT2D eigenvalue weighted by Crippen LogP contribution is 2.18. The summed E-state index contributed by atoms with van der Waals surface area (Å²) < 4.78 is 17.7. The monoisotopic (exact) mass is 195 g/mol. The van der Waals surface area contributed by atoms with Gasteiger partial charge >= 0.3 is 0 Å². The van der Waals surface area contributed by atoms with Crippen LogP contribution in [0.2, 0.25) is 0 Å². The molecule has 1 N–H and O–H groups in total. The highest BCUT2D eigenvalue weighted by Gasteiger charge is 2.00. The van der Waals surface area contributed by atoms with Gasteiger partial charge in [0, 0.05) is 11.8 Å². The SMILES string of the molecule is Fc1ccc(-c2c[nH]c(=S)o2)cc1. The van der Waals surface area contributed by atoms with Crippen LogP contribution in [0, 0.1) is 10.7 Å². The van der Waals surface area contributed by atoms with Crippen molar-refractivity contribution in [1.82, 2.24) is 4.98 Å². The molecule has 0 radical (unpaired) electrons. The van der Waals surface area contributed by atoms with Crippen LogP contribution in [0.3, 0.4) is 0 Å². The first-order chi connectivity index (χ1) is 6.25. The summed E-state index contributed by atoms with van der Waals surface area (Å²) in [5.74, 6) is 0.350. The zero-order valence-electron chi connectivity index (χ0n) is 6.58. The Kier molecular flexibility index (Phi) is 1.98. The Labute approximate surface area is 79.0 Å². The Balaban J connectivity index is 2.47. The van der Waals surface area contributed by atoms with Crippen molar-refractivity contribution in [1.29, 1.82) is 0 Å². The second-order valence-corrected chi connectivity index (χ2v) is 2.92. The predicted molar refractivity (Wildman–Crippen MR) is 49.3 cm³/mol. The van der Waals surface area contributed by atoms with Crippen molar-refractivity contribution >= 4 is 12.2 Å². The van der Waals surface area contributed by atoms with Crippen molar-refractivity contribution in [3.8, 4) is 11.3 Å². The third kappa shape index (κ3) is 1.67.